The Balaban J connectivity index is 1.11. The largest absolute Gasteiger partial charge is 0.342 e. The molecule has 1 heterocycles. The van der Waals surface area contributed by atoms with Crippen molar-refractivity contribution in [2.45, 2.75) is 95.8 Å². The van der Waals surface area contributed by atoms with Crippen molar-refractivity contribution in [2.75, 3.05) is 39.3 Å². The average molecular weight is 482 g/mol. The van der Waals surface area contributed by atoms with Crippen LogP contribution in [0.25, 0.3) is 0 Å². The van der Waals surface area contributed by atoms with Gasteiger partial charge < -0.3 is 15.5 Å². The summed E-state index contributed by atoms with van der Waals surface area (Å²) in [4.78, 5) is 15.9. The molecule has 4 nitrogen and oxygen atoms in total. The van der Waals surface area contributed by atoms with Crippen LogP contribution in [0.1, 0.15) is 101 Å². The summed E-state index contributed by atoms with van der Waals surface area (Å²) < 4.78 is 0. The van der Waals surface area contributed by atoms with Gasteiger partial charge >= 0.3 is 0 Å². The molecule has 4 heteroatoms. The maximum atomic E-state index is 13.7. The highest BCUT2D eigenvalue weighted by atomic mass is 16.2. The summed E-state index contributed by atoms with van der Waals surface area (Å²) in [5.41, 5.74) is 1.24. The highest BCUT2D eigenvalue weighted by molar-refractivity contribution is 5.84. The second kappa shape index (κ2) is 15.0. The van der Waals surface area contributed by atoms with E-state index in [1.165, 1.54) is 95.7 Å². The molecule has 0 radical (unpaired) electrons. The lowest BCUT2D eigenvalue weighted by molar-refractivity contribution is -0.135. The summed E-state index contributed by atoms with van der Waals surface area (Å²) in [5.74, 6) is 2.64. The Morgan fingerprint density at radius 2 is 1.29 bits per heavy atom. The molecule has 0 bridgehead atoms. The van der Waals surface area contributed by atoms with Gasteiger partial charge in [0.25, 0.3) is 0 Å². The van der Waals surface area contributed by atoms with Crippen molar-refractivity contribution in [3.63, 3.8) is 0 Å². The van der Waals surface area contributed by atoms with E-state index in [-0.39, 0.29) is 5.92 Å². The number of amides is 1. The molecule has 0 spiro atoms. The molecule has 2 saturated carbocycles. The van der Waals surface area contributed by atoms with Crippen molar-refractivity contribution < 1.29 is 4.79 Å². The number of piperidine rings is 1. The maximum absolute atomic E-state index is 13.7. The highest BCUT2D eigenvalue weighted by Crippen LogP contribution is 2.38. The van der Waals surface area contributed by atoms with Crippen LogP contribution in [0.2, 0.25) is 0 Å². The summed E-state index contributed by atoms with van der Waals surface area (Å²) in [6.45, 7) is 6.52. The zero-order valence-electron chi connectivity index (χ0n) is 22.2. The fourth-order valence-electron chi connectivity index (χ4n) is 6.80. The highest BCUT2D eigenvalue weighted by Gasteiger charge is 2.35. The quantitative estimate of drug-likeness (QED) is 0.353. The van der Waals surface area contributed by atoms with Gasteiger partial charge in [-0.15, -0.1) is 0 Å². The maximum Gasteiger partial charge on any atom is 0.230 e. The first-order valence-corrected chi connectivity index (χ1v) is 15.1. The van der Waals surface area contributed by atoms with Gasteiger partial charge in [-0.25, -0.2) is 0 Å². The minimum atomic E-state index is 0.0675. The smallest absolute Gasteiger partial charge is 0.230 e. The molecular formula is C31H51N3O. The normalized spacial score (nSPS) is 21.8. The molecule has 1 aromatic carbocycles. The number of hydrogen-bond acceptors (Lipinski definition) is 3. The molecule has 1 aromatic rings. The standard InChI is InChI=1S/C31H51N3O/c35-31(30(28-14-6-2-7-15-28)29-16-8-3-9-17-29)34-22-18-27(19-23-34)25-33-21-11-10-20-32-24-26-12-4-1-5-13-26/h2,6-7,14-15,26-27,29-30,32-33H,1,3-5,8-13,16-25H2. The monoisotopic (exact) mass is 481 g/mol. The second-order valence-electron chi connectivity index (χ2n) is 11.7. The van der Waals surface area contributed by atoms with Gasteiger partial charge in [0.1, 0.15) is 0 Å². The molecule has 2 aliphatic carbocycles. The first-order valence-electron chi connectivity index (χ1n) is 15.1. The van der Waals surface area contributed by atoms with Gasteiger partial charge in [0.15, 0.2) is 0 Å². The molecule has 3 aliphatic rings. The number of likely N-dealkylation sites (tertiary alicyclic amines) is 1. The van der Waals surface area contributed by atoms with Crippen LogP contribution in [0.15, 0.2) is 30.3 Å². The van der Waals surface area contributed by atoms with Gasteiger partial charge in [-0.3, -0.25) is 4.79 Å². The molecular weight excluding hydrogens is 430 g/mol. The van der Waals surface area contributed by atoms with Crippen molar-refractivity contribution in [1.82, 2.24) is 15.5 Å². The molecule has 2 N–H and O–H groups in total. The molecule has 1 aliphatic heterocycles. The Morgan fingerprint density at radius 1 is 0.743 bits per heavy atom. The minimum absolute atomic E-state index is 0.0675. The number of carbonyl (C=O) groups is 1. The summed E-state index contributed by atoms with van der Waals surface area (Å²) >= 11 is 0. The predicted octanol–water partition coefficient (Wildman–Crippen LogP) is 6.13. The third kappa shape index (κ3) is 8.60. The lowest BCUT2D eigenvalue weighted by atomic mass is 9.76. The summed E-state index contributed by atoms with van der Waals surface area (Å²) in [7, 11) is 0. The van der Waals surface area contributed by atoms with E-state index in [9.17, 15) is 4.79 Å². The van der Waals surface area contributed by atoms with Gasteiger partial charge in [-0.2, -0.15) is 0 Å². The van der Waals surface area contributed by atoms with Crippen molar-refractivity contribution in [3.05, 3.63) is 35.9 Å². The molecule has 1 unspecified atom stereocenters. The number of rotatable bonds is 12. The van der Waals surface area contributed by atoms with E-state index in [0.717, 1.165) is 44.9 Å². The first kappa shape index (κ1) is 26.7. The first-order chi connectivity index (χ1) is 17.3. The zero-order valence-corrected chi connectivity index (χ0v) is 22.2. The number of unbranched alkanes of at least 4 members (excludes halogenated alkanes) is 1. The van der Waals surface area contributed by atoms with Crippen molar-refractivity contribution >= 4 is 5.91 Å². The van der Waals surface area contributed by atoms with Crippen LogP contribution < -0.4 is 10.6 Å². The second-order valence-corrected chi connectivity index (χ2v) is 11.7. The summed E-state index contributed by atoms with van der Waals surface area (Å²) in [6.07, 6.45) is 18.4. The fraction of sp³-hybridized carbons (Fsp3) is 0.774. The number of carbonyl (C=O) groups excluding carboxylic acids is 1. The van der Waals surface area contributed by atoms with Crippen molar-refractivity contribution in [1.29, 1.82) is 0 Å². The lowest BCUT2D eigenvalue weighted by Gasteiger charge is -2.37. The van der Waals surface area contributed by atoms with Crippen molar-refractivity contribution in [3.8, 4) is 0 Å². The van der Waals surface area contributed by atoms with Gasteiger partial charge in [-0.05, 0) is 101 Å². The molecule has 1 atom stereocenters. The van der Waals surface area contributed by atoms with Crippen LogP contribution in [0.3, 0.4) is 0 Å². The van der Waals surface area contributed by atoms with Crippen LogP contribution in [0.4, 0.5) is 0 Å². The van der Waals surface area contributed by atoms with Gasteiger partial charge in [0.2, 0.25) is 5.91 Å². The van der Waals surface area contributed by atoms with E-state index in [2.05, 4.69) is 45.9 Å². The molecule has 4 rings (SSSR count). The number of hydrogen-bond donors (Lipinski definition) is 2. The van der Waals surface area contributed by atoms with E-state index < -0.39 is 0 Å². The van der Waals surface area contributed by atoms with Gasteiger partial charge in [-0.1, -0.05) is 68.9 Å². The third-order valence-electron chi connectivity index (χ3n) is 9.02. The van der Waals surface area contributed by atoms with Gasteiger partial charge in [0.05, 0.1) is 5.92 Å². The van der Waals surface area contributed by atoms with Crippen molar-refractivity contribution in [2.24, 2.45) is 17.8 Å². The van der Waals surface area contributed by atoms with Crippen LogP contribution in [-0.2, 0) is 4.79 Å². The predicted molar refractivity (Wildman–Crippen MR) is 147 cm³/mol. The third-order valence-corrected chi connectivity index (χ3v) is 9.02. The SMILES string of the molecule is O=C(C(c1ccccc1)C1CCCCC1)N1CCC(CNCCCCNCC2CCCCC2)CC1. The molecule has 3 fully saturated rings. The zero-order chi connectivity index (χ0) is 24.1. The Kier molecular flexibility index (Phi) is 11.4. The Labute approximate surface area is 215 Å². The van der Waals surface area contributed by atoms with Crippen LogP contribution in [-0.4, -0.2) is 50.1 Å². The Bertz CT molecular complexity index is 703. The molecule has 0 aromatic heterocycles. The van der Waals surface area contributed by atoms with Crippen LogP contribution >= 0.6 is 0 Å². The lowest BCUT2D eigenvalue weighted by Crippen LogP contribution is -2.44. The molecule has 35 heavy (non-hydrogen) atoms. The van der Waals surface area contributed by atoms with E-state index in [1.807, 2.05) is 0 Å². The molecule has 1 amide bonds. The topological polar surface area (TPSA) is 44.4 Å². The number of nitrogens with zero attached hydrogens (tertiary/aromatic N) is 1. The van der Waals surface area contributed by atoms with Crippen LogP contribution in [0, 0.1) is 17.8 Å². The molecule has 196 valence electrons. The van der Waals surface area contributed by atoms with E-state index in [1.54, 1.807) is 0 Å². The Hall–Kier alpha value is -1.39. The van der Waals surface area contributed by atoms with E-state index in [4.69, 9.17) is 0 Å². The van der Waals surface area contributed by atoms with E-state index >= 15 is 0 Å². The Morgan fingerprint density at radius 3 is 1.89 bits per heavy atom. The van der Waals surface area contributed by atoms with Crippen LogP contribution in [0.5, 0.6) is 0 Å². The summed E-state index contributed by atoms with van der Waals surface area (Å²) in [6, 6.07) is 10.6. The fourth-order valence-corrected chi connectivity index (χ4v) is 6.80. The molecule has 1 saturated heterocycles. The van der Waals surface area contributed by atoms with E-state index in [0.29, 0.717) is 17.7 Å². The summed E-state index contributed by atoms with van der Waals surface area (Å²) in [5, 5.41) is 7.40. The average Bonchev–Trinajstić information content (AvgIpc) is 2.92. The van der Waals surface area contributed by atoms with Gasteiger partial charge in [0, 0.05) is 13.1 Å². The number of benzene rings is 1. The number of nitrogens with one attached hydrogen (secondary N) is 2. The minimum Gasteiger partial charge on any atom is -0.342 e.